The molecule has 0 spiro atoms. The molecule has 0 radical (unpaired) electrons. The topological polar surface area (TPSA) is 60.7 Å². The normalized spacial score (nSPS) is 30.8. The van der Waals surface area contributed by atoms with E-state index < -0.39 is 5.60 Å². The highest BCUT2D eigenvalue weighted by molar-refractivity contribution is 6.34. The predicted octanol–water partition coefficient (Wildman–Crippen LogP) is 3.44. The molecule has 178 valence electrons. The molecule has 6 nitrogen and oxygen atoms in total. The lowest BCUT2D eigenvalue weighted by Crippen LogP contribution is -2.54. The minimum Gasteiger partial charge on any atom is -0.388 e. The number of ether oxygens (including phenoxy) is 1. The standard InChI is InChI=1S/C26H35ClN4O2/c1-19-6-7-20-4-2-3-5-23(20)29-25(19)21-16-24(28-17-22(21)27)31-10-8-26(32,9-11-31)18-30-12-14-33-15-13-30/h2-5,16-17,19,22,24,32H,6-15,18H2,1H3. The fourth-order valence-corrected chi connectivity index (χ4v) is 5.68. The number of hydrogen-bond donors (Lipinski definition) is 1. The molecule has 0 bridgehead atoms. The van der Waals surface area contributed by atoms with E-state index >= 15 is 0 Å². The maximum atomic E-state index is 11.2. The van der Waals surface area contributed by atoms with Crippen molar-refractivity contribution in [2.75, 3.05) is 45.9 Å². The van der Waals surface area contributed by atoms with E-state index in [1.54, 1.807) is 0 Å². The second-order valence-electron chi connectivity index (χ2n) is 9.95. The highest BCUT2D eigenvalue weighted by Crippen LogP contribution is 2.33. The number of benzene rings is 1. The molecule has 0 amide bonds. The van der Waals surface area contributed by atoms with Crippen molar-refractivity contribution in [1.29, 1.82) is 0 Å². The summed E-state index contributed by atoms with van der Waals surface area (Å²) in [6.45, 7) is 7.98. The van der Waals surface area contributed by atoms with Crippen LogP contribution >= 0.6 is 11.6 Å². The summed E-state index contributed by atoms with van der Waals surface area (Å²) in [7, 11) is 0. The molecule has 0 aliphatic carbocycles. The SMILES string of the molecule is CC1CCc2ccccc2N=C1C1=CC(N2CCC(O)(CN3CCOCC3)CC2)N=CC1Cl. The van der Waals surface area contributed by atoms with Crippen molar-refractivity contribution in [3.8, 4) is 0 Å². The number of allylic oxidation sites excluding steroid dienone is 1. The van der Waals surface area contributed by atoms with Crippen LogP contribution in [0.1, 0.15) is 31.7 Å². The van der Waals surface area contributed by atoms with Crippen molar-refractivity contribution in [2.45, 2.75) is 49.8 Å². The lowest BCUT2D eigenvalue weighted by atomic mass is 9.89. The Bertz CT molecular complexity index is 932. The molecule has 33 heavy (non-hydrogen) atoms. The van der Waals surface area contributed by atoms with E-state index in [1.807, 2.05) is 6.21 Å². The first-order chi connectivity index (χ1) is 16.0. The summed E-state index contributed by atoms with van der Waals surface area (Å²) in [5.74, 6) is 0.344. The number of para-hydroxylation sites is 1. The van der Waals surface area contributed by atoms with Gasteiger partial charge in [-0.15, -0.1) is 11.6 Å². The van der Waals surface area contributed by atoms with E-state index in [0.717, 1.165) is 88.6 Å². The molecular weight excluding hydrogens is 436 g/mol. The number of rotatable bonds is 4. The number of fused-ring (bicyclic) bond motifs is 1. The van der Waals surface area contributed by atoms with Crippen molar-refractivity contribution >= 4 is 29.2 Å². The number of likely N-dealkylation sites (tertiary alicyclic amines) is 1. The highest BCUT2D eigenvalue weighted by Gasteiger charge is 2.37. The molecule has 1 aromatic carbocycles. The third-order valence-corrected chi connectivity index (χ3v) is 7.91. The summed E-state index contributed by atoms with van der Waals surface area (Å²) in [5, 5.41) is 10.9. The van der Waals surface area contributed by atoms with E-state index in [9.17, 15) is 5.11 Å². The Hall–Kier alpha value is -1.57. The van der Waals surface area contributed by atoms with E-state index in [-0.39, 0.29) is 11.5 Å². The van der Waals surface area contributed by atoms with Crippen LogP contribution in [-0.4, -0.2) is 89.9 Å². The monoisotopic (exact) mass is 470 g/mol. The molecule has 2 fully saturated rings. The average Bonchev–Trinajstić information content (AvgIpc) is 2.99. The summed E-state index contributed by atoms with van der Waals surface area (Å²) in [5.41, 5.74) is 3.93. The molecule has 0 saturated carbocycles. The molecule has 4 heterocycles. The molecule has 7 heteroatoms. The number of piperidine rings is 1. The number of dihydropyridines is 1. The van der Waals surface area contributed by atoms with Gasteiger partial charge in [0.2, 0.25) is 0 Å². The first-order valence-electron chi connectivity index (χ1n) is 12.3. The number of nitrogens with zero attached hydrogens (tertiary/aromatic N) is 4. The summed E-state index contributed by atoms with van der Waals surface area (Å²) in [6.07, 6.45) is 7.67. The maximum absolute atomic E-state index is 11.2. The first kappa shape index (κ1) is 23.2. The van der Waals surface area contributed by atoms with Crippen molar-refractivity contribution in [1.82, 2.24) is 9.80 Å². The Kier molecular flexibility index (Phi) is 7.00. The van der Waals surface area contributed by atoms with Crippen LogP contribution in [0.4, 0.5) is 5.69 Å². The summed E-state index contributed by atoms with van der Waals surface area (Å²) in [6, 6.07) is 8.43. The fourth-order valence-electron chi connectivity index (χ4n) is 5.43. The van der Waals surface area contributed by atoms with Crippen molar-refractivity contribution in [3.63, 3.8) is 0 Å². The molecule has 3 atom stereocenters. The third-order valence-electron chi connectivity index (χ3n) is 7.56. The quantitative estimate of drug-likeness (QED) is 0.685. The van der Waals surface area contributed by atoms with Gasteiger partial charge in [-0.05, 0) is 54.9 Å². The van der Waals surface area contributed by atoms with Crippen LogP contribution in [0.25, 0.3) is 0 Å². The van der Waals surface area contributed by atoms with Crippen molar-refractivity contribution < 1.29 is 9.84 Å². The summed E-state index contributed by atoms with van der Waals surface area (Å²) >= 11 is 6.75. The number of aliphatic imine (C=N–C) groups is 2. The molecule has 4 aliphatic heterocycles. The molecule has 3 unspecified atom stereocenters. The highest BCUT2D eigenvalue weighted by atomic mass is 35.5. The zero-order valence-corrected chi connectivity index (χ0v) is 20.3. The van der Waals surface area contributed by atoms with Gasteiger partial charge < -0.3 is 9.84 Å². The Morgan fingerprint density at radius 3 is 2.70 bits per heavy atom. The lowest BCUT2D eigenvalue weighted by Gasteiger charge is -2.43. The minimum atomic E-state index is -0.628. The van der Waals surface area contributed by atoms with Crippen molar-refractivity contribution in [2.24, 2.45) is 15.9 Å². The van der Waals surface area contributed by atoms with E-state index in [0.29, 0.717) is 5.92 Å². The number of hydrogen-bond acceptors (Lipinski definition) is 6. The van der Waals surface area contributed by atoms with E-state index in [2.05, 4.69) is 47.1 Å². The third kappa shape index (κ3) is 5.25. The first-order valence-corrected chi connectivity index (χ1v) is 12.8. The van der Waals surface area contributed by atoms with Gasteiger partial charge in [0.05, 0.1) is 29.9 Å². The van der Waals surface area contributed by atoms with Crippen LogP contribution in [0.2, 0.25) is 0 Å². The van der Waals surface area contributed by atoms with Crippen LogP contribution in [0.3, 0.4) is 0 Å². The Morgan fingerprint density at radius 2 is 1.91 bits per heavy atom. The van der Waals surface area contributed by atoms with Crippen LogP contribution in [0.5, 0.6) is 0 Å². The second-order valence-corrected chi connectivity index (χ2v) is 10.4. The number of aryl methyl sites for hydroxylation is 1. The molecule has 0 aromatic heterocycles. The molecule has 2 saturated heterocycles. The average molecular weight is 471 g/mol. The number of halogens is 1. The fraction of sp³-hybridized carbons (Fsp3) is 0.615. The summed E-state index contributed by atoms with van der Waals surface area (Å²) in [4.78, 5) is 14.5. The summed E-state index contributed by atoms with van der Waals surface area (Å²) < 4.78 is 5.45. The molecule has 4 aliphatic rings. The maximum Gasteiger partial charge on any atom is 0.121 e. The molecular formula is C26H35ClN4O2. The van der Waals surface area contributed by atoms with Crippen LogP contribution < -0.4 is 0 Å². The number of alkyl halides is 1. The van der Waals surface area contributed by atoms with Gasteiger partial charge in [0, 0.05) is 44.7 Å². The van der Waals surface area contributed by atoms with Gasteiger partial charge in [0.15, 0.2) is 0 Å². The Morgan fingerprint density at radius 1 is 1.15 bits per heavy atom. The number of morpholine rings is 1. The largest absolute Gasteiger partial charge is 0.388 e. The van der Waals surface area contributed by atoms with E-state index in [4.69, 9.17) is 26.3 Å². The Balaban J connectivity index is 1.30. The molecule has 5 rings (SSSR count). The second kappa shape index (κ2) is 9.96. The molecule has 1 N–H and O–H groups in total. The number of aliphatic hydroxyl groups is 1. The zero-order valence-electron chi connectivity index (χ0n) is 19.5. The van der Waals surface area contributed by atoms with Crippen LogP contribution in [0, 0.1) is 5.92 Å². The van der Waals surface area contributed by atoms with Crippen molar-refractivity contribution in [3.05, 3.63) is 41.5 Å². The lowest BCUT2D eigenvalue weighted by molar-refractivity contribution is -0.0665. The smallest absolute Gasteiger partial charge is 0.121 e. The van der Waals surface area contributed by atoms with Crippen LogP contribution in [0.15, 0.2) is 45.9 Å². The minimum absolute atomic E-state index is 0.0451. The van der Waals surface area contributed by atoms with Gasteiger partial charge in [-0.3, -0.25) is 19.8 Å². The van der Waals surface area contributed by atoms with Gasteiger partial charge in [0.1, 0.15) is 6.17 Å². The number of β-amino-alcohol motifs (C(OH)–C–C–N with tert-alkyl or cyclic N) is 1. The molecule has 1 aromatic rings. The van der Waals surface area contributed by atoms with E-state index in [1.165, 1.54) is 5.56 Å². The van der Waals surface area contributed by atoms with Gasteiger partial charge in [-0.25, -0.2) is 0 Å². The van der Waals surface area contributed by atoms with Crippen LogP contribution in [-0.2, 0) is 11.2 Å². The zero-order chi connectivity index (χ0) is 22.8. The van der Waals surface area contributed by atoms with Gasteiger partial charge in [-0.1, -0.05) is 25.1 Å². The van der Waals surface area contributed by atoms with Gasteiger partial charge >= 0.3 is 0 Å². The predicted molar refractivity (Wildman–Crippen MR) is 134 cm³/mol. The Labute approximate surface area is 202 Å². The van der Waals surface area contributed by atoms with Gasteiger partial charge in [0.25, 0.3) is 0 Å². The van der Waals surface area contributed by atoms with Gasteiger partial charge in [-0.2, -0.15) is 0 Å².